The van der Waals surface area contributed by atoms with Crippen molar-refractivity contribution >= 4 is 5.78 Å². The molecular formula is C6H12O5. The maximum atomic E-state index is 10.7. The van der Waals surface area contributed by atoms with Gasteiger partial charge in [0, 0.05) is 0 Å². The first-order valence-corrected chi connectivity index (χ1v) is 3.19. The second-order valence-corrected chi connectivity index (χ2v) is 2.29. The van der Waals surface area contributed by atoms with E-state index in [4.69, 9.17) is 20.4 Å². The number of ketones is 1. The Balaban J connectivity index is 4.02. The molecule has 0 aromatic heterocycles. The fourth-order valence-electron chi connectivity index (χ4n) is 0.525. The molecule has 3 atom stereocenters. The third kappa shape index (κ3) is 2.94. The highest BCUT2D eigenvalue weighted by Gasteiger charge is 2.26. The lowest BCUT2D eigenvalue weighted by Crippen LogP contribution is -2.40. The van der Waals surface area contributed by atoms with E-state index in [1.807, 2.05) is 0 Å². The molecular weight excluding hydrogens is 152 g/mol. The molecule has 0 aliphatic rings. The number of aliphatic hydroxyl groups excluding tert-OH is 4. The molecule has 0 aliphatic carbocycles. The number of rotatable bonds is 4. The van der Waals surface area contributed by atoms with Gasteiger partial charge in [0.15, 0.2) is 5.78 Å². The fourth-order valence-corrected chi connectivity index (χ4v) is 0.525. The van der Waals surface area contributed by atoms with Gasteiger partial charge < -0.3 is 20.4 Å². The van der Waals surface area contributed by atoms with E-state index in [9.17, 15) is 4.79 Å². The van der Waals surface area contributed by atoms with Crippen LogP contribution in [0, 0.1) is 0 Å². The molecule has 66 valence electrons. The Morgan fingerprint density at radius 1 is 1.36 bits per heavy atom. The Kier molecular flexibility index (Phi) is 4.20. The zero-order valence-corrected chi connectivity index (χ0v) is 6.14. The molecule has 0 aliphatic heterocycles. The molecule has 1 unspecified atom stereocenters. The van der Waals surface area contributed by atoms with Crippen LogP contribution in [-0.2, 0) is 4.79 Å². The van der Waals surface area contributed by atoms with E-state index in [0.717, 1.165) is 0 Å². The van der Waals surface area contributed by atoms with Crippen LogP contribution < -0.4 is 0 Å². The van der Waals surface area contributed by atoms with Crippen molar-refractivity contribution in [3.63, 3.8) is 0 Å². The SMILES string of the molecule is CC(O)[C@H](O)C(=O)[C@H](O)CO. The van der Waals surface area contributed by atoms with Crippen molar-refractivity contribution in [3.05, 3.63) is 0 Å². The first-order chi connectivity index (χ1) is 5.00. The van der Waals surface area contributed by atoms with Gasteiger partial charge in [0.25, 0.3) is 0 Å². The number of hydrogen-bond acceptors (Lipinski definition) is 5. The van der Waals surface area contributed by atoms with E-state index >= 15 is 0 Å². The fraction of sp³-hybridized carbons (Fsp3) is 0.833. The molecule has 4 N–H and O–H groups in total. The van der Waals surface area contributed by atoms with E-state index in [0.29, 0.717) is 0 Å². The second-order valence-electron chi connectivity index (χ2n) is 2.29. The number of carbonyl (C=O) groups excluding carboxylic acids is 1. The lowest BCUT2D eigenvalue weighted by atomic mass is 10.1. The molecule has 0 aromatic rings. The quantitative estimate of drug-likeness (QED) is 0.373. The van der Waals surface area contributed by atoms with E-state index in [-0.39, 0.29) is 0 Å². The molecule has 0 rings (SSSR count). The monoisotopic (exact) mass is 164 g/mol. The summed E-state index contributed by atoms with van der Waals surface area (Å²) in [4.78, 5) is 10.7. The van der Waals surface area contributed by atoms with Gasteiger partial charge in [0.1, 0.15) is 12.2 Å². The van der Waals surface area contributed by atoms with Gasteiger partial charge >= 0.3 is 0 Å². The minimum Gasteiger partial charge on any atom is -0.393 e. The first kappa shape index (κ1) is 10.5. The van der Waals surface area contributed by atoms with E-state index < -0.39 is 30.7 Å². The number of Topliss-reactive ketones (excluding diaryl/α,β-unsaturated/α-hetero) is 1. The van der Waals surface area contributed by atoms with Crippen LogP contribution in [0.25, 0.3) is 0 Å². The van der Waals surface area contributed by atoms with Crippen molar-refractivity contribution in [2.45, 2.75) is 25.2 Å². The van der Waals surface area contributed by atoms with Crippen LogP contribution in [0.3, 0.4) is 0 Å². The second kappa shape index (κ2) is 4.40. The maximum absolute atomic E-state index is 10.7. The zero-order chi connectivity index (χ0) is 9.02. The van der Waals surface area contributed by atoms with Crippen LogP contribution in [0.1, 0.15) is 6.92 Å². The van der Waals surface area contributed by atoms with Crippen LogP contribution >= 0.6 is 0 Å². The highest BCUT2D eigenvalue weighted by Crippen LogP contribution is 1.97. The molecule has 0 aromatic carbocycles. The van der Waals surface area contributed by atoms with Crippen molar-refractivity contribution in [1.82, 2.24) is 0 Å². The van der Waals surface area contributed by atoms with Crippen molar-refractivity contribution in [1.29, 1.82) is 0 Å². The van der Waals surface area contributed by atoms with Gasteiger partial charge in [-0.3, -0.25) is 4.79 Å². The standard InChI is InChI=1S/C6H12O5/c1-3(8)5(10)6(11)4(9)2-7/h3-5,7-10H,2H2,1H3/t3?,4-,5+/m1/s1. The molecule has 0 fully saturated rings. The van der Waals surface area contributed by atoms with Gasteiger partial charge in [-0.05, 0) is 6.92 Å². The van der Waals surface area contributed by atoms with Crippen LogP contribution in [0.4, 0.5) is 0 Å². The van der Waals surface area contributed by atoms with E-state index in [2.05, 4.69) is 0 Å². The normalized spacial score (nSPS) is 19.0. The molecule has 5 heteroatoms. The van der Waals surface area contributed by atoms with Crippen molar-refractivity contribution in [2.75, 3.05) is 6.61 Å². The van der Waals surface area contributed by atoms with Gasteiger partial charge in [0.05, 0.1) is 12.7 Å². The molecule has 0 saturated heterocycles. The Bertz CT molecular complexity index is 133. The Morgan fingerprint density at radius 3 is 2.09 bits per heavy atom. The molecule has 0 radical (unpaired) electrons. The summed E-state index contributed by atoms with van der Waals surface area (Å²) in [5.74, 6) is -0.970. The van der Waals surface area contributed by atoms with Crippen molar-refractivity contribution < 1.29 is 25.2 Å². The molecule has 0 heterocycles. The zero-order valence-electron chi connectivity index (χ0n) is 6.14. The molecule has 0 amide bonds. The summed E-state index contributed by atoms with van der Waals surface area (Å²) >= 11 is 0. The molecule has 5 nitrogen and oxygen atoms in total. The predicted octanol–water partition coefficient (Wildman–Crippen LogP) is -2.35. The van der Waals surface area contributed by atoms with Crippen LogP contribution in [0.2, 0.25) is 0 Å². The predicted molar refractivity (Wildman–Crippen MR) is 35.8 cm³/mol. The summed E-state index contributed by atoms with van der Waals surface area (Å²) in [5, 5.41) is 34.4. The lowest BCUT2D eigenvalue weighted by Gasteiger charge is -2.14. The van der Waals surface area contributed by atoms with Crippen LogP contribution in [0.15, 0.2) is 0 Å². The van der Waals surface area contributed by atoms with Crippen LogP contribution in [-0.4, -0.2) is 51.1 Å². The Hall–Kier alpha value is -0.490. The minimum absolute atomic E-state index is 0.747. The first-order valence-electron chi connectivity index (χ1n) is 3.19. The molecule has 11 heavy (non-hydrogen) atoms. The molecule has 0 bridgehead atoms. The molecule has 0 saturated carbocycles. The lowest BCUT2D eigenvalue weighted by molar-refractivity contribution is -0.142. The van der Waals surface area contributed by atoms with Gasteiger partial charge in [-0.1, -0.05) is 0 Å². The molecule has 0 spiro atoms. The minimum atomic E-state index is -1.63. The van der Waals surface area contributed by atoms with Crippen LogP contribution in [0.5, 0.6) is 0 Å². The van der Waals surface area contributed by atoms with E-state index in [1.54, 1.807) is 0 Å². The van der Waals surface area contributed by atoms with Crippen molar-refractivity contribution in [2.24, 2.45) is 0 Å². The third-order valence-electron chi connectivity index (χ3n) is 1.25. The van der Waals surface area contributed by atoms with Gasteiger partial charge in [-0.15, -0.1) is 0 Å². The summed E-state index contributed by atoms with van der Waals surface area (Å²) in [7, 11) is 0. The summed E-state index contributed by atoms with van der Waals surface area (Å²) < 4.78 is 0. The summed E-state index contributed by atoms with van der Waals surface area (Å²) in [5.41, 5.74) is 0. The van der Waals surface area contributed by atoms with Crippen molar-refractivity contribution in [3.8, 4) is 0 Å². The highest BCUT2D eigenvalue weighted by molar-refractivity contribution is 5.87. The average Bonchev–Trinajstić information content (AvgIpc) is 2.00. The van der Waals surface area contributed by atoms with E-state index in [1.165, 1.54) is 6.92 Å². The number of carbonyl (C=O) groups is 1. The summed E-state index contributed by atoms with van der Waals surface area (Å²) in [6.07, 6.45) is -4.47. The smallest absolute Gasteiger partial charge is 0.194 e. The number of hydrogen-bond donors (Lipinski definition) is 4. The third-order valence-corrected chi connectivity index (χ3v) is 1.25. The van der Waals surface area contributed by atoms with Gasteiger partial charge in [-0.2, -0.15) is 0 Å². The van der Waals surface area contributed by atoms with Gasteiger partial charge in [0.2, 0.25) is 0 Å². The largest absolute Gasteiger partial charge is 0.393 e. The summed E-state index contributed by atoms with van der Waals surface area (Å²) in [6, 6.07) is 0. The Morgan fingerprint density at radius 2 is 1.82 bits per heavy atom. The maximum Gasteiger partial charge on any atom is 0.194 e. The highest BCUT2D eigenvalue weighted by atomic mass is 16.4. The van der Waals surface area contributed by atoms with Gasteiger partial charge in [-0.25, -0.2) is 0 Å². The number of aliphatic hydroxyl groups is 4. The Labute approximate surface area is 63.9 Å². The topological polar surface area (TPSA) is 98.0 Å². The summed E-state index contributed by atoms with van der Waals surface area (Å²) in [6.45, 7) is 0.468. The average molecular weight is 164 g/mol.